The average molecular weight is 485 g/mol. The summed E-state index contributed by atoms with van der Waals surface area (Å²) in [4.78, 5) is 17.8. The zero-order valence-electron chi connectivity index (χ0n) is 18.4. The molecule has 0 saturated heterocycles. The first-order chi connectivity index (χ1) is 15.9. The fourth-order valence-electron chi connectivity index (χ4n) is 4.62. The lowest BCUT2D eigenvalue weighted by molar-refractivity contribution is 0.0915. The highest BCUT2D eigenvalue weighted by molar-refractivity contribution is 5.97. The molecule has 1 N–H and O–H groups in total. The van der Waals surface area contributed by atoms with E-state index in [1.54, 1.807) is 29.7 Å². The summed E-state index contributed by atoms with van der Waals surface area (Å²) < 4.78 is 35.3. The maximum absolute atomic E-state index is 14.0. The van der Waals surface area contributed by atoms with E-state index in [2.05, 4.69) is 4.98 Å². The second-order valence-electron chi connectivity index (χ2n) is 8.30. The van der Waals surface area contributed by atoms with Gasteiger partial charge in [0.2, 0.25) is 0 Å². The number of aliphatic hydroxyl groups is 1. The van der Waals surface area contributed by atoms with Gasteiger partial charge in [0.05, 0.1) is 17.4 Å². The van der Waals surface area contributed by atoms with Crippen LogP contribution in [-0.4, -0.2) is 26.4 Å². The average Bonchev–Trinajstić information content (AvgIpc) is 3.29. The molecule has 0 bridgehead atoms. The summed E-state index contributed by atoms with van der Waals surface area (Å²) in [5.41, 5.74) is 3.21. The van der Waals surface area contributed by atoms with Crippen LogP contribution in [0.25, 0.3) is 5.65 Å². The summed E-state index contributed by atoms with van der Waals surface area (Å²) in [6.07, 6.45) is 1.78. The van der Waals surface area contributed by atoms with E-state index in [0.29, 0.717) is 29.2 Å². The molecule has 5 rings (SSSR count). The summed E-state index contributed by atoms with van der Waals surface area (Å²) in [7, 11) is 0. The van der Waals surface area contributed by atoms with Crippen LogP contribution in [0.5, 0.6) is 5.75 Å². The van der Waals surface area contributed by atoms with Crippen molar-refractivity contribution in [1.82, 2.24) is 9.38 Å². The van der Waals surface area contributed by atoms with Gasteiger partial charge < -0.3 is 9.84 Å². The molecule has 2 atom stereocenters. The molecule has 34 heavy (non-hydrogen) atoms. The molecule has 1 aliphatic carbocycles. The molecule has 5 nitrogen and oxygen atoms in total. The number of hydrogen-bond acceptors (Lipinski definition) is 4. The van der Waals surface area contributed by atoms with E-state index in [4.69, 9.17) is 4.74 Å². The molecule has 0 amide bonds. The SMILES string of the molecule is Cc1nc2c(OCc3c(F)cccc3F)cccn2c1C(=O)C[C@@H]1c2ccccc2C[C@H]1O.Cl. The number of pyridine rings is 1. The minimum Gasteiger partial charge on any atom is -0.485 e. The molecule has 2 heterocycles. The first-order valence-corrected chi connectivity index (χ1v) is 10.8. The van der Waals surface area contributed by atoms with Gasteiger partial charge in [0.15, 0.2) is 17.2 Å². The van der Waals surface area contributed by atoms with Gasteiger partial charge in [-0.25, -0.2) is 13.8 Å². The third-order valence-corrected chi connectivity index (χ3v) is 6.24. The number of benzene rings is 2. The lowest BCUT2D eigenvalue weighted by Crippen LogP contribution is -2.18. The first-order valence-electron chi connectivity index (χ1n) is 10.8. The zero-order valence-corrected chi connectivity index (χ0v) is 19.2. The lowest BCUT2D eigenvalue weighted by Gasteiger charge is -2.15. The summed E-state index contributed by atoms with van der Waals surface area (Å²) in [6.45, 7) is 1.43. The number of aromatic nitrogens is 2. The molecular formula is C26H23ClF2N2O3. The quantitative estimate of drug-likeness (QED) is 0.382. The fraction of sp³-hybridized carbons (Fsp3) is 0.231. The highest BCUT2D eigenvalue weighted by Crippen LogP contribution is 2.37. The number of ketones is 1. The molecule has 0 fully saturated rings. The Bertz CT molecular complexity index is 1350. The van der Waals surface area contributed by atoms with Gasteiger partial charge >= 0.3 is 0 Å². The monoisotopic (exact) mass is 484 g/mol. The van der Waals surface area contributed by atoms with Crippen molar-refractivity contribution < 1.29 is 23.4 Å². The minimum atomic E-state index is -0.687. The molecule has 2 aromatic carbocycles. The Morgan fingerprint density at radius 2 is 1.85 bits per heavy atom. The topological polar surface area (TPSA) is 63.8 Å². The van der Waals surface area contributed by atoms with E-state index >= 15 is 0 Å². The Balaban J connectivity index is 0.00000274. The van der Waals surface area contributed by atoms with Crippen LogP contribution in [0, 0.1) is 18.6 Å². The highest BCUT2D eigenvalue weighted by Gasteiger charge is 2.33. The number of carbonyl (C=O) groups excluding carboxylic acids is 1. The number of carbonyl (C=O) groups is 1. The van der Waals surface area contributed by atoms with Crippen LogP contribution in [0.1, 0.15) is 45.2 Å². The molecule has 0 radical (unpaired) electrons. The summed E-state index contributed by atoms with van der Waals surface area (Å²) in [5, 5.41) is 10.6. The first kappa shape index (κ1) is 23.9. The molecule has 0 spiro atoms. The summed E-state index contributed by atoms with van der Waals surface area (Å²) in [6, 6.07) is 14.8. The van der Waals surface area contributed by atoms with Gasteiger partial charge in [-0.1, -0.05) is 30.3 Å². The molecule has 0 saturated carbocycles. The smallest absolute Gasteiger partial charge is 0.182 e. The molecular weight excluding hydrogens is 462 g/mol. The number of imidazole rings is 1. The Morgan fingerprint density at radius 1 is 1.12 bits per heavy atom. The van der Waals surface area contributed by atoms with Crippen LogP contribution in [0.15, 0.2) is 60.8 Å². The van der Waals surface area contributed by atoms with Crippen LogP contribution < -0.4 is 4.74 Å². The second kappa shape index (κ2) is 9.52. The van der Waals surface area contributed by atoms with E-state index in [0.717, 1.165) is 11.1 Å². The normalized spacial score (nSPS) is 16.8. The number of Topliss-reactive ketones (excluding diaryl/α,β-unsaturated/α-hetero) is 1. The van der Waals surface area contributed by atoms with Crippen LogP contribution in [-0.2, 0) is 13.0 Å². The van der Waals surface area contributed by atoms with Crippen LogP contribution >= 0.6 is 12.4 Å². The van der Waals surface area contributed by atoms with Gasteiger partial charge in [0.25, 0.3) is 0 Å². The number of halogens is 3. The van der Waals surface area contributed by atoms with E-state index in [1.165, 1.54) is 18.2 Å². The lowest BCUT2D eigenvalue weighted by atomic mass is 9.93. The van der Waals surface area contributed by atoms with Crippen molar-refractivity contribution in [3.63, 3.8) is 0 Å². The van der Waals surface area contributed by atoms with Gasteiger partial charge in [-0.05, 0) is 48.7 Å². The van der Waals surface area contributed by atoms with E-state index in [9.17, 15) is 18.7 Å². The van der Waals surface area contributed by atoms with Gasteiger partial charge in [0, 0.05) is 18.5 Å². The van der Waals surface area contributed by atoms with Crippen LogP contribution in [0.4, 0.5) is 8.78 Å². The number of ether oxygens (including phenoxy) is 1. The number of aliphatic hydroxyl groups excluding tert-OH is 1. The maximum Gasteiger partial charge on any atom is 0.182 e. The summed E-state index contributed by atoms with van der Waals surface area (Å²) in [5.74, 6) is -1.48. The third kappa shape index (κ3) is 4.17. The van der Waals surface area contributed by atoms with E-state index < -0.39 is 17.7 Å². The number of aryl methyl sites for hydroxylation is 1. The number of nitrogens with zero attached hydrogens (tertiary/aromatic N) is 2. The molecule has 0 aliphatic heterocycles. The van der Waals surface area contributed by atoms with Gasteiger partial charge in [-0.2, -0.15) is 0 Å². The standard InChI is InChI=1S/C26H22F2N2O3.ClH/c1-15-25(23(32)13-18-17-7-3-2-6-16(17)12-22(18)31)30-11-5-10-24(26(30)29-15)33-14-19-20(27)8-4-9-21(19)28;/h2-11,18,22,31H,12-14H2,1H3;1H/t18-,22-;/m1./s1. The molecule has 176 valence electrons. The number of hydrogen-bond donors (Lipinski definition) is 1. The van der Waals surface area contributed by atoms with E-state index in [-0.39, 0.29) is 42.7 Å². The summed E-state index contributed by atoms with van der Waals surface area (Å²) >= 11 is 0. The van der Waals surface area contributed by atoms with Crippen molar-refractivity contribution in [3.05, 3.63) is 101 Å². The van der Waals surface area contributed by atoms with Crippen molar-refractivity contribution in [2.75, 3.05) is 0 Å². The van der Waals surface area contributed by atoms with Crippen LogP contribution in [0.2, 0.25) is 0 Å². The van der Waals surface area contributed by atoms with Crippen molar-refractivity contribution >= 4 is 23.8 Å². The third-order valence-electron chi connectivity index (χ3n) is 6.24. The van der Waals surface area contributed by atoms with Crippen molar-refractivity contribution in [2.45, 2.75) is 38.4 Å². The molecule has 8 heteroatoms. The number of rotatable bonds is 6. The van der Waals surface area contributed by atoms with Crippen LogP contribution in [0.3, 0.4) is 0 Å². The molecule has 0 unspecified atom stereocenters. The molecule has 4 aromatic rings. The minimum absolute atomic E-state index is 0. The molecule has 2 aromatic heterocycles. The van der Waals surface area contributed by atoms with Gasteiger partial charge in [-0.3, -0.25) is 9.20 Å². The van der Waals surface area contributed by atoms with Gasteiger partial charge in [-0.15, -0.1) is 12.4 Å². The maximum atomic E-state index is 14.0. The Labute approximate surface area is 201 Å². The number of fused-ring (bicyclic) bond motifs is 2. The van der Waals surface area contributed by atoms with Crippen molar-refractivity contribution in [3.8, 4) is 5.75 Å². The fourth-order valence-corrected chi connectivity index (χ4v) is 4.62. The Morgan fingerprint density at radius 3 is 2.62 bits per heavy atom. The predicted octanol–water partition coefficient (Wildman–Crippen LogP) is 5.20. The van der Waals surface area contributed by atoms with Crippen molar-refractivity contribution in [2.24, 2.45) is 0 Å². The highest BCUT2D eigenvalue weighted by atomic mass is 35.5. The van der Waals surface area contributed by atoms with Crippen molar-refractivity contribution in [1.29, 1.82) is 0 Å². The Kier molecular flexibility index (Phi) is 6.68. The van der Waals surface area contributed by atoms with E-state index in [1.807, 2.05) is 24.3 Å². The second-order valence-corrected chi connectivity index (χ2v) is 8.30. The molecule has 1 aliphatic rings. The largest absolute Gasteiger partial charge is 0.485 e. The predicted molar refractivity (Wildman–Crippen MR) is 126 cm³/mol. The Hall–Kier alpha value is -3.29. The zero-order chi connectivity index (χ0) is 23.1. The van der Waals surface area contributed by atoms with Gasteiger partial charge in [0.1, 0.15) is 23.9 Å².